The van der Waals surface area contributed by atoms with E-state index >= 15 is 0 Å². The highest BCUT2D eigenvalue weighted by Gasteiger charge is 2.25. The molecular formula is C13H18ClNO2. The van der Waals surface area contributed by atoms with Gasteiger partial charge in [0.2, 0.25) is 0 Å². The maximum atomic E-state index is 11.3. The van der Waals surface area contributed by atoms with E-state index in [1.54, 1.807) is 25.1 Å². The standard InChI is InChI=1S/C13H18ClNO2/c1-4-6-9-7-5-8-10(11(9)14)12(13(16)17)15(2)3/h5,7-8,12H,4,6H2,1-3H3,(H,16,17). The molecule has 0 amide bonds. The first-order valence-corrected chi connectivity index (χ1v) is 6.03. The minimum Gasteiger partial charge on any atom is -0.480 e. The van der Waals surface area contributed by atoms with Crippen LogP contribution in [0.5, 0.6) is 0 Å². The van der Waals surface area contributed by atoms with Crippen molar-refractivity contribution in [3.63, 3.8) is 0 Å². The Kier molecular flexibility index (Phi) is 4.97. The maximum absolute atomic E-state index is 11.3. The van der Waals surface area contributed by atoms with Gasteiger partial charge in [0, 0.05) is 5.02 Å². The van der Waals surface area contributed by atoms with E-state index in [1.807, 2.05) is 12.1 Å². The lowest BCUT2D eigenvalue weighted by Crippen LogP contribution is -2.27. The van der Waals surface area contributed by atoms with Gasteiger partial charge in [-0.15, -0.1) is 0 Å². The second-order valence-electron chi connectivity index (χ2n) is 4.27. The fourth-order valence-electron chi connectivity index (χ4n) is 1.91. The van der Waals surface area contributed by atoms with Crippen LogP contribution in [0.4, 0.5) is 0 Å². The van der Waals surface area contributed by atoms with E-state index in [0.29, 0.717) is 10.6 Å². The number of hydrogen-bond donors (Lipinski definition) is 1. The normalized spacial score (nSPS) is 12.8. The van der Waals surface area contributed by atoms with Gasteiger partial charge in [-0.05, 0) is 31.6 Å². The van der Waals surface area contributed by atoms with Gasteiger partial charge >= 0.3 is 5.97 Å². The molecule has 1 aromatic rings. The van der Waals surface area contributed by atoms with E-state index in [9.17, 15) is 9.90 Å². The summed E-state index contributed by atoms with van der Waals surface area (Å²) in [6.07, 6.45) is 1.86. The number of carboxylic acid groups (broad SMARTS) is 1. The highest BCUT2D eigenvalue weighted by molar-refractivity contribution is 6.32. The Morgan fingerprint density at radius 1 is 1.47 bits per heavy atom. The van der Waals surface area contributed by atoms with Crippen LogP contribution >= 0.6 is 11.6 Å². The zero-order valence-electron chi connectivity index (χ0n) is 10.4. The lowest BCUT2D eigenvalue weighted by Gasteiger charge is -2.22. The van der Waals surface area contributed by atoms with Gasteiger partial charge in [-0.25, -0.2) is 0 Å². The summed E-state index contributed by atoms with van der Waals surface area (Å²) in [6, 6.07) is 4.90. The maximum Gasteiger partial charge on any atom is 0.325 e. The Morgan fingerprint density at radius 3 is 2.59 bits per heavy atom. The van der Waals surface area contributed by atoms with Crippen LogP contribution in [-0.2, 0) is 11.2 Å². The summed E-state index contributed by atoms with van der Waals surface area (Å²) < 4.78 is 0. The first kappa shape index (κ1) is 14.0. The van der Waals surface area contributed by atoms with Gasteiger partial charge in [-0.1, -0.05) is 43.1 Å². The van der Waals surface area contributed by atoms with Crippen molar-refractivity contribution in [2.24, 2.45) is 0 Å². The molecule has 0 spiro atoms. The van der Waals surface area contributed by atoms with Gasteiger partial charge in [0.05, 0.1) is 0 Å². The van der Waals surface area contributed by atoms with Gasteiger partial charge < -0.3 is 5.11 Å². The molecule has 0 heterocycles. The molecular weight excluding hydrogens is 238 g/mol. The zero-order valence-corrected chi connectivity index (χ0v) is 11.2. The molecule has 1 N–H and O–H groups in total. The van der Waals surface area contributed by atoms with Crippen LogP contribution in [0.2, 0.25) is 5.02 Å². The summed E-state index contributed by atoms with van der Waals surface area (Å²) in [5, 5.41) is 9.82. The average Bonchev–Trinajstić information content (AvgIpc) is 2.23. The first-order chi connectivity index (χ1) is 7.99. The predicted molar refractivity (Wildman–Crippen MR) is 69.5 cm³/mol. The molecule has 0 aromatic heterocycles. The molecule has 0 fully saturated rings. The van der Waals surface area contributed by atoms with Crippen molar-refractivity contribution in [3.8, 4) is 0 Å². The average molecular weight is 256 g/mol. The van der Waals surface area contributed by atoms with Crippen LogP contribution in [-0.4, -0.2) is 30.1 Å². The first-order valence-electron chi connectivity index (χ1n) is 5.65. The molecule has 17 heavy (non-hydrogen) atoms. The Balaban J connectivity index is 3.20. The minimum absolute atomic E-state index is 0.579. The fraction of sp³-hybridized carbons (Fsp3) is 0.462. The minimum atomic E-state index is -0.884. The quantitative estimate of drug-likeness (QED) is 0.879. The topological polar surface area (TPSA) is 40.5 Å². The number of carboxylic acids is 1. The molecule has 0 bridgehead atoms. The van der Waals surface area contributed by atoms with Gasteiger partial charge in [-0.3, -0.25) is 9.69 Å². The third kappa shape index (κ3) is 3.20. The number of carbonyl (C=O) groups is 1. The molecule has 0 radical (unpaired) electrons. The predicted octanol–water partition coefficient (Wildman–Crippen LogP) is 2.98. The van der Waals surface area contributed by atoms with Gasteiger partial charge in [0.25, 0.3) is 0 Å². The van der Waals surface area contributed by atoms with Crippen LogP contribution in [0.15, 0.2) is 18.2 Å². The second kappa shape index (κ2) is 6.03. The van der Waals surface area contributed by atoms with E-state index in [0.717, 1.165) is 18.4 Å². The molecule has 0 aliphatic heterocycles. The lowest BCUT2D eigenvalue weighted by atomic mass is 10.0. The largest absolute Gasteiger partial charge is 0.480 e. The van der Waals surface area contributed by atoms with E-state index in [-0.39, 0.29) is 0 Å². The Hall–Kier alpha value is -1.06. The Morgan fingerprint density at radius 2 is 2.12 bits per heavy atom. The number of hydrogen-bond acceptors (Lipinski definition) is 2. The van der Waals surface area contributed by atoms with Gasteiger partial charge in [0.1, 0.15) is 6.04 Å². The van der Waals surface area contributed by atoms with Crippen LogP contribution in [0.25, 0.3) is 0 Å². The van der Waals surface area contributed by atoms with Crippen LogP contribution in [0.1, 0.15) is 30.5 Å². The summed E-state index contributed by atoms with van der Waals surface area (Å²) in [6.45, 7) is 2.07. The van der Waals surface area contributed by atoms with Crippen LogP contribution in [0, 0.1) is 0 Å². The summed E-state index contributed by atoms with van der Waals surface area (Å²) in [5.41, 5.74) is 1.68. The molecule has 3 nitrogen and oxygen atoms in total. The van der Waals surface area contributed by atoms with Crippen molar-refractivity contribution in [3.05, 3.63) is 34.3 Å². The van der Waals surface area contributed by atoms with E-state index in [1.165, 1.54) is 0 Å². The third-order valence-corrected chi connectivity index (χ3v) is 3.13. The number of aryl methyl sites for hydroxylation is 1. The lowest BCUT2D eigenvalue weighted by molar-refractivity contribution is -0.142. The van der Waals surface area contributed by atoms with Crippen molar-refractivity contribution in [1.82, 2.24) is 4.90 Å². The number of aliphatic carboxylic acids is 1. The summed E-state index contributed by atoms with van der Waals surface area (Å²) in [4.78, 5) is 12.9. The van der Waals surface area contributed by atoms with E-state index < -0.39 is 12.0 Å². The van der Waals surface area contributed by atoms with Crippen molar-refractivity contribution in [2.75, 3.05) is 14.1 Å². The molecule has 4 heteroatoms. The molecule has 94 valence electrons. The third-order valence-electron chi connectivity index (χ3n) is 2.67. The van der Waals surface area contributed by atoms with Crippen molar-refractivity contribution >= 4 is 17.6 Å². The number of likely N-dealkylation sites (N-methyl/N-ethyl adjacent to an activating group) is 1. The molecule has 0 aliphatic rings. The Labute approximate surface area is 107 Å². The summed E-state index contributed by atoms with van der Waals surface area (Å²) >= 11 is 6.28. The van der Waals surface area contributed by atoms with Gasteiger partial charge in [0.15, 0.2) is 0 Å². The number of benzene rings is 1. The van der Waals surface area contributed by atoms with Crippen molar-refractivity contribution < 1.29 is 9.90 Å². The number of halogens is 1. The molecule has 0 saturated heterocycles. The SMILES string of the molecule is CCCc1cccc(C(C(=O)O)N(C)C)c1Cl. The molecule has 1 rings (SSSR count). The zero-order chi connectivity index (χ0) is 13.0. The highest BCUT2D eigenvalue weighted by atomic mass is 35.5. The monoisotopic (exact) mass is 255 g/mol. The molecule has 1 atom stereocenters. The number of rotatable bonds is 5. The summed E-state index contributed by atoms with van der Waals surface area (Å²) in [5.74, 6) is -0.884. The smallest absolute Gasteiger partial charge is 0.325 e. The molecule has 1 aromatic carbocycles. The van der Waals surface area contributed by atoms with Crippen molar-refractivity contribution in [1.29, 1.82) is 0 Å². The number of nitrogens with zero attached hydrogens (tertiary/aromatic N) is 1. The molecule has 1 unspecified atom stereocenters. The summed E-state index contributed by atoms with van der Waals surface area (Å²) in [7, 11) is 3.48. The highest BCUT2D eigenvalue weighted by Crippen LogP contribution is 2.30. The van der Waals surface area contributed by atoms with Crippen LogP contribution < -0.4 is 0 Å². The van der Waals surface area contributed by atoms with E-state index in [2.05, 4.69) is 6.92 Å². The Bertz CT molecular complexity index is 404. The van der Waals surface area contributed by atoms with E-state index in [4.69, 9.17) is 11.6 Å². The van der Waals surface area contributed by atoms with Gasteiger partial charge in [-0.2, -0.15) is 0 Å². The van der Waals surface area contributed by atoms with Crippen molar-refractivity contribution in [2.45, 2.75) is 25.8 Å². The molecule has 0 aliphatic carbocycles. The second-order valence-corrected chi connectivity index (χ2v) is 4.65. The molecule has 0 saturated carbocycles. The fourth-order valence-corrected chi connectivity index (χ4v) is 2.23. The van der Waals surface area contributed by atoms with Crippen LogP contribution in [0.3, 0.4) is 0 Å².